The van der Waals surface area contributed by atoms with Gasteiger partial charge in [0.1, 0.15) is 0 Å². The Morgan fingerprint density at radius 1 is 0.875 bits per heavy atom. The zero-order chi connectivity index (χ0) is 12.9. The minimum atomic E-state index is 0. The summed E-state index contributed by atoms with van der Waals surface area (Å²) in [6, 6.07) is 0. The van der Waals surface area contributed by atoms with Crippen LogP contribution in [-0.4, -0.2) is 35.7 Å². The number of aliphatic hydroxyl groups excluding tert-OH is 2. The van der Waals surface area contributed by atoms with Crippen LogP contribution < -0.4 is 0 Å². The maximum atomic E-state index is 9.28. The average molecular weight is 307 g/mol. The van der Waals surface area contributed by atoms with Gasteiger partial charge in [0.2, 0.25) is 0 Å². The Bertz CT molecular complexity index is 123. The Morgan fingerprint density at radius 3 is 1.12 bits per heavy atom. The summed E-state index contributed by atoms with van der Waals surface area (Å²) in [5, 5.41) is 13.5. The van der Waals surface area contributed by atoms with Gasteiger partial charge in [0.15, 0.2) is 0 Å². The summed E-state index contributed by atoms with van der Waals surface area (Å²) in [5.74, 6) is 0. The predicted molar refractivity (Wildman–Crippen MR) is 53.2 cm³/mol. The molecule has 0 aliphatic rings. The largest absolute Gasteiger partial charge is 0.665 e. The molecule has 1 radical (unpaired) electrons. The van der Waals surface area contributed by atoms with Crippen molar-refractivity contribution in [1.82, 2.24) is 0 Å². The van der Waals surface area contributed by atoms with Crippen LogP contribution in [0.5, 0.6) is 0 Å². The Morgan fingerprint density at radius 2 is 1.12 bits per heavy atom. The smallest absolute Gasteiger partial charge is 0 e. The molecule has 0 heterocycles. The quantitative estimate of drug-likeness (QED) is 0.740. The molecule has 0 rings (SSSR count). The molecule has 7 heteroatoms. The van der Waals surface area contributed by atoms with Gasteiger partial charge in [-0.2, -0.15) is 12.8 Å². The van der Waals surface area contributed by atoms with Crippen molar-refractivity contribution >= 4 is 25.5 Å². The van der Waals surface area contributed by atoms with Gasteiger partial charge in [0.05, 0.1) is 0 Å². The summed E-state index contributed by atoms with van der Waals surface area (Å²) in [6.45, 7) is 4.71. The Hall–Kier alpha value is -0.616. The van der Waals surface area contributed by atoms with Gasteiger partial charge < -0.3 is 29.4 Å². The van der Waals surface area contributed by atoms with Crippen LogP contribution in [0.4, 0.5) is 0 Å². The standard InChI is InChI=1S/C4H7O.C3H5O.2CHO2.Y/c1-2-3-4-5;1-2-3-4;2*2-1-3;/h2-3H2,1H3;2H2,1H3;2*(H,2,3);/q4*-1;. The molecule has 0 amide bonds. The molecule has 6 nitrogen and oxygen atoms in total. The predicted octanol–water partition coefficient (Wildman–Crippen LogP) is 0.623. The van der Waals surface area contributed by atoms with Crippen LogP contribution in [0.25, 0.3) is 0 Å². The van der Waals surface area contributed by atoms with Gasteiger partial charge in [-0.05, 0) is 0 Å². The number of hydrogen-bond acceptors (Lipinski definition) is 4. The average Bonchev–Trinajstić information content (AvgIpc) is 2.22. The molecule has 0 spiro atoms. The van der Waals surface area contributed by atoms with Crippen molar-refractivity contribution < 1.29 is 62.1 Å². The summed E-state index contributed by atoms with van der Waals surface area (Å²) in [5.41, 5.74) is 0. The first-order valence-corrected chi connectivity index (χ1v) is 3.89. The van der Waals surface area contributed by atoms with Gasteiger partial charge in [0, 0.05) is 32.7 Å². The van der Waals surface area contributed by atoms with Crippen LogP contribution in [0.2, 0.25) is 0 Å². The van der Waals surface area contributed by atoms with Gasteiger partial charge >= 0.3 is 0 Å². The molecular formula is C9H14O6Y-4. The molecule has 93 valence electrons. The maximum Gasteiger partial charge on any atom is 0 e. The summed E-state index contributed by atoms with van der Waals surface area (Å²) in [4.78, 5) is 34.8. The molecule has 0 aliphatic heterocycles. The van der Waals surface area contributed by atoms with Crippen LogP contribution in [0.3, 0.4) is 0 Å². The Kier molecular flexibility index (Phi) is 117. The molecule has 0 saturated carbocycles. The van der Waals surface area contributed by atoms with Crippen molar-refractivity contribution in [3.63, 3.8) is 0 Å². The van der Waals surface area contributed by atoms with Crippen molar-refractivity contribution in [2.45, 2.75) is 33.1 Å². The molecule has 0 aromatic heterocycles. The van der Waals surface area contributed by atoms with E-state index in [2.05, 4.69) is 0 Å². The molecule has 0 aliphatic carbocycles. The summed E-state index contributed by atoms with van der Waals surface area (Å²) < 4.78 is 0. The van der Waals surface area contributed by atoms with Crippen molar-refractivity contribution in [2.75, 3.05) is 0 Å². The van der Waals surface area contributed by atoms with Gasteiger partial charge in [-0.3, -0.25) is 12.6 Å². The molecule has 0 atom stereocenters. The minimum absolute atomic E-state index is 0. The summed E-state index contributed by atoms with van der Waals surface area (Å²) >= 11 is 0. The fraction of sp³-hybridized carbons (Fsp3) is 0.556. The van der Waals surface area contributed by atoms with Crippen molar-refractivity contribution in [2.24, 2.45) is 0 Å². The fourth-order valence-corrected chi connectivity index (χ4v) is 0.102. The van der Waals surface area contributed by atoms with E-state index < -0.39 is 0 Å². The molecule has 0 saturated heterocycles. The van der Waals surface area contributed by atoms with Crippen molar-refractivity contribution in [3.8, 4) is 0 Å². The van der Waals surface area contributed by atoms with Crippen LogP contribution >= 0.6 is 0 Å². The van der Waals surface area contributed by atoms with Gasteiger partial charge in [0.25, 0.3) is 0 Å². The van der Waals surface area contributed by atoms with E-state index in [4.69, 9.17) is 24.6 Å². The van der Waals surface area contributed by atoms with Crippen LogP contribution in [0.1, 0.15) is 33.1 Å². The Balaban J connectivity index is -0.0000000338. The van der Waals surface area contributed by atoms with Crippen LogP contribution in [0.15, 0.2) is 0 Å². The monoisotopic (exact) mass is 307 g/mol. The van der Waals surface area contributed by atoms with Crippen molar-refractivity contribution in [1.29, 1.82) is 0 Å². The van der Waals surface area contributed by atoms with E-state index in [1.54, 1.807) is 19.5 Å². The maximum absolute atomic E-state index is 9.28. The third kappa shape index (κ3) is 361. The van der Waals surface area contributed by atoms with Gasteiger partial charge in [-0.1, -0.05) is 33.2 Å². The van der Waals surface area contributed by atoms with Gasteiger partial charge in [-0.25, -0.2) is 0 Å². The van der Waals surface area contributed by atoms with Crippen LogP contribution in [0, 0.1) is 0 Å². The number of unbranched alkanes of at least 4 members (excludes halogenated alkanes) is 1. The molecule has 0 unspecified atom stereocenters. The Labute approximate surface area is 120 Å². The zero-order valence-electron chi connectivity index (χ0n) is 9.23. The third-order valence-electron chi connectivity index (χ3n) is 0.496. The summed E-state index contributed by atoms with van der Waals surface area (Å²) in [6.07, 6.45) is 5.47. The molecule has 0 fully saturated rings. The molecule has 0 bridgehead atoms. The molecular weight excluding hydrogens is 293 g/mol. The van der Waals surface area contributed by atoms with E-state index in [1.165, 1.54) is 0 Å². The van der Waals surface area contributed by atoms with E-state index in [-0.39, 0.29) is 32.7 Å². The fourth-order valence-electron chi connectivity index (χ4n) is 0.102. The molecule has 0 aromatic carbocycles. The normalized spacial score (nSPS) is 5.38. The third-order valence-corrected chi connectivity index (χ3v) is 0.496. The number of carbonyl (C=O) groups excluding carboxylic acids is 2. The van der Waals surface area contributed by atoms with Crippen molar-refractivity contribution in [3.05, 3.63) is 0 Å². The van der Waals surface area contributed by atoms with Gasteiger partial charge in [-0.15, -0.1) is 0 Å². The second kappa shape index (κ2) is 63.2. The van der Waals surface area contributed by atoms with Crippen LogP contribution in [-0.2, 0) is 51.9 Å². The topological polar surface area (TPSA) is 109 Å². The second-order valence-corrected chi connectivity index (χ2v) is 1.57. The molecule has 16 heavy (non-hydrogen) atoms. The number of rotatable bonds is 3. The first-order chi connectivity index (χ1) is 7.16. The van der Waals surface area contributed by atoms with E-state index in [9.17, 15) is 4.79 Å². The minimum Gasteiger partial charge on any atom is -0.665 e. The summed E-state index contributed by atoms with van der Waals surface area (Å²) in [7, 11) is 0. The second-order valence-electron chi connectivity index (χ2n) is 1.57. The molecule has 2 N–H and O–H groups in total. The first-order valence-electron chi connectivity index (χ1n) is 3.89. The number of hydrogen-bond donors (Lipinski definition) is 2. The van der Waals surface area contributed by atoms with E-state index in [0.29, 0.717) is 25.8 Å². The van der Waals surface area contributed by atoms with E-state index >= 15 is 0 Å². The van der Waals surface area contributed by atoms with E-state index in [0.717, 1.165) is 6.42 Å². The SMILES string of the molecule is CCC[C-]=O.CC[C-]=O.O=[C-]O.O=[C-]O.[Y]. The first kappa shape index (κ1) is 29.5. The zero-order valence-corrected chi connectivity index (χ0v) is 12.1. The van der Waals surface area contributed by atoms with E-state index in [1.807, 2.05) is 6.92 Å². The molecule has 0 aromatic rings.